The Morgan fingerprint density at radius 1 is 0.412 bits per heavy atom. The zero-order valence-electron chi connectivity index (χ0n) is 27.5. The van der Waals surface area contributed by atoms with Gasteiger partial charge in [-0.2, -0.15) is 0 Å². The number of nitrogens with zero attached hydrogens (tertiary/aromatic N) is 3. The second-order valence-electron chi connectivity index (χ2n) is 13.1. The van der Waals surface area contributed by atoms with E-state index in [-0.39, 0.29) is 0 Å². The highest BCUT2D eigenvalue weighted by Gasteiger charge is 2.24. The molecule has 4 heteroatoms. The van der Waals surface area contributed by atoms with Crippen LogP contribution < -0.4 is 0 Å². The molecule has 0 aliphatic heterocycles. The maximum atomic E-state index is 6.18. The van der Waals surface area contributed by atoms with E-state index in [2.05, 4.69) is 172 Å². The fourth-order valence-corrected chi connectivity index (χ4v) is 8.28. The van der Waals surface area contributed by atoms with E-state index in [1.807, 2.05) is 18.3 Å². The molecule has 0 saturated carbocycles. The van der Waals surface area contributed by atoms with Crippen molar-refractivity contribution in [3.05, 3.63) is 176 Å². The van der Waals surface area contributed by atoms with E-state index in [0.717, 1.165) is 44.5 Å². The van der Waals surface area contributed by atoms with Gasteiger partial charge in [0.2, 0.25) is 0 Å². The summed E-state index contributed by atoms with van der Waals surface area (Å²) >= 11 is 0. The molecular formula is C47H29N3O. The number of aromatic nitrogens is 3. The molecule has 4 aromatic heterocycles. The lowest BCUT2D eigenvalue weighted by atomic mass is 9.88. The van der Waals surface area contributed by atoms with Crippen LogP contribution in [0.25, 0.3) is 99.3 Å². The van der Waals surface area contributed by atoms with Crippen LogP contribution >= 0.6 is 0 Å². The molecule has 0 N–H and O–H groups in total. The van der Waals surface area contributed by atoms with Gasteiger partial charge in [-0.05, 0) is 83.4 Å². The van der Waals surface area contributed by atoms with Crippen molar-refractivity contribution in [2.24, 2.45) is 0 Å². The third kappa shape index (κ3) is 4.05. The molecule has 0 fully saturated rings. The fourth-order valence-electron chi connectivity index (χ4n) is 8.28. The summed E-state index contributed by atoms with van der Waals surface area (Å²) in [6.45, 7) is 0. The third-order valence-electron chi connectivity index (χ3n) is 10.4. The first-order valence-electron chi connectivity index (χ1n) is 17.3. The van der Waals surface area contributed by atoms with Gasteiger partial charge in [-0.1, -0.05) is 103 Å². The highest BCUT2D eigenvalue weighted by atomic mass is 16.3. The van der Waals surface area contributed by atoms with Gasteiger partial charge in [0.1, 0.15) is 11.1 Å². The van der Waals surface area contributed by atoms with Crippen LogP contribution in [0.5, 0.6) is 0 Å². The first kappa shape index (κ1) is 28.0. The van der Waals surface area contributed by atoms with Crippen molar-refractivity contribution in [2.45, 2.75) is 0 Å². The van der Waals surface area contributed by atoms with Gasteiger partial charge >= 0.3 is 0 Å². The number of hydrogen-bond donors (Lipinski definition) is 0. The van der Waals surface area contributed by atoms with E-state index in [4.69, 9.17) is 4.42 Å². The lowest BCUT2D eigenvalue weighted by Gasteiger charge is -2.16. The lowest BCUT2D eigenvalue weighted by Crippen LogP contribution is -1.95. The predicted octanol–water partition coefficient (Wildman–Crippen LogP) is 12.5. The summed E-state index contributed by atoms with van der Waals surface area (Å²) in [6, 6.07) is 60.8. The Balaban J connectivity index is 1.30. The SMILES string of the molecule is c1ccc(-c2ccc3c(c2-c2cccc4c2c2ccccc2n4-c2ccccc2)c2ccccc2n3-c2ccc3oc4cccnc4c3c2)cc1. The number of hydrogen-bond acceptors (Lipinski definition) is 2. The summed E-state index contributed by atoms with van der Waals surface area (Å²) in [5, 5.41) is 5.92. The number of fused-ring (bicyclic) bond motifs is 9. The van der Waals surface area contributed by atoms with Crippen LogP contribution in [0.3, 0.4) is 0 Å². The molecule has 7 aromatic carbocycles. The van der Waals surface area contributed by atoms with Crippen molar-refractivity contribution < 1.29 is 4.42 Å². The van der Waals surface area contributed by atoms with Crippen molar-refractivity contribution in [3.8, 4) is 33.6 Å². The molecule has 4 heterocycles. The Kier molecular flexibility index (Phi) is 5.92. The molecule has 0 amide bonds. The molecule has 0 atom stereocenters. The molecule has 4 nitrogen and oxygen atoms in total. The molecule has 0 spiro atoms. The second-order valence-corrected chi connectivity index (χ2v) is 13.1. The minimum Gasteiger partial charge on any atom is -0.454 e. The van der Waals surface area contributed by atoms with E-state index in [1.54, 1.807) is 0 Å². The van der Waals surface area contributed by atoms with Gasteiger partial charge in [-0.25, -0.2) is 0 Å². The number of rotatable bonds is 4. The maximum absolute atomic E-state index is 6.18. The first-order valence-corrected chi connectivity index (χ1v) is 17.3. The van der Waals surface area contributed by atoms with Crippen LogP contribution in [0.1, 0.15) is 0 Å². The maximum Gasteiger partial charge on any atom is 0.153 e. The van der Waals surface area contributed by atoms with Crippen molar-refractivity contribution in [1.82, 2.24) is 14.1 Å². The Morgan fingerprint density at radius 3 is 1.88 bits per heavy atom. The van der Waals surface area contributed by atoms with E-state index < -0.39 is 0 Å². The van der Waals surface area contributed by atoms with E-state index >= 15 is 0 Å². The van der Waals surface area contributed by atoms with Crippen molar-refractivity contribution >= 4 is 65.7 Å². The topological polar surface area (TPSA) is 35.9 Å². The second kappa shape index (κ2) is 10.8. The van der Waals surface area contributed by atoms with Crippen LogP contribution in [-0.4, -0.2) is 14.1 Å². The smallest absolute Gasteiger partial charge is 0.153 e. The molecule has 0 aliphatic rings. The van der Waals surface area contributed by atoms with Crippen LogP contribution in [0.15, 0.2) is 180 Å². The number of para-hydroxylation sites is 3. The van der Waals surface area contributed by atoms with Gasteiger partial charge in [0.05, 0.1) is 22.1 Å². The van der Waals surface area contributed by atoms with E-state index in [0.29, 0.717) is 0 Å². The fraction of sp³-hybridized carbons (Fsp3) is 0. The van der Waals surface area contributed by atoms with Crippen molar-refractivity contribution in [3.63, 3.8) is 0 Å². The number of furan rings is 1. The first-order chi connectivity index (χ1) is 25.3. The average Bonchev–Trinajstić information content (AvgIpc) is 3.86. The molecule has 0 radical (unpaired) electrons. The molecule has 238 valence electrons. The lowest BCUT2D eigenvalue weighted by molar-refractivity contribution is 0.668. The zero-order valence-corrected chi connectivity index (χ0v) is 27.5. The molecule has 0 bridgehead atoms. The summed E-state index contributed by atoms with van der Waals surface area (Å²) in [5.41, 5.74) is 14.2. The van der Waals surface area contributed by atoms with Gasteiger partial charge in [-0.3, -0.25) is 4.98 Å². The van der Waals surface area contributed by atoms with Gasteiger partial charge in [-0.15, -0.1) is 0 Å². The molecule has 11 aromatic rings. The molecule has 0 aliphatic carbocycles. The Labute approximate surface area is 293 Å². The number of pyridine rings is 1. The van der Waals surface area contributed by atoms with Crippen LogP contribution in [0.4, 0.5) is 0 Å². The van der Waals surface area contributed by atoms with Gasteiger partial charge in [0.25, 0.3) is 0 Å². The molecule has 11 rings (SSSR count). The van der Waals surface area contributed by atoms with Crippen LogP contribution in [0.2, 0.25) is 0 Å². The summed E-state index contributed by atoms with van der Waals surface area (Å²) in [4.78, 5) is 4.69. The normalized spacial score (nSPS) is 11.9. The Bertz CT molecular complexity index is 3130. The number of benzene rings is 7. The summed E-state index contributed by atoms with van der Waals surface area (Å²) in [6.07, 6.45) is 1.83. The zero-order chi connectivity index (χ0) is 33.5. The summed E-state index contributed by atoms with van der Waals surface area (Å²) in [5.74, 6) is 0. The van der Waals surface area contributed by atoms with E-state index in [1.165, 1.54) is 54.8 Å². The Morgan fingerprint density at radius 2 is 1.08 bits per heavy atom. The minimum atomic E-state index is 0.796. The average molecular weight is 652 g/mol. The summed E-state index contributed by atoms with van der Waals surface area (Å²) in [7, 11) is 0. The highest BCUT2D eigenvalue weighted by molar-refractivity contribution is 6.24. The van der Waals surface area contributed by atoms with Gasteiger partial charge in [0, 0.05) is 50.1 Å². The molecule has 0 unspecified atom stereocenters. The summed E-state index contributed by atoms with van der Waals surface area (Å²) < 4.78 is 11.0. The molecule has 0 saturated heterocycles. The molecular weight excluding hydrogens is 623 g/mol. The van der Waals surface area contributed by atoms with Crippen molar-refractivity contribution in [1.29, 1.82) is 0 Å². The van der Waals surface area contributed by atoms with Crippen LogP contribution in [0, 0.1) is 0 Å². The standard InChI is InChI=1S/C47H29N3O/c1-3-13-30(14-4-1)33-25-26-41-46(35-18-8-10-21-39(35)50(41)32-24-27-42-37(29-32)47-43(51-42)23-12-28-48-47)45(33)36-19-11-22-40-44(36)34-17-7-9-20-38(34)49(40)31-15-5-2-6-16-31/h1-29H. The van der Waals surface area contributed by atoms with Crippen molar-refractivity contribution in [2.75, 3.05) is 0 Å². The van der Waals surface area contributed by atoms with E-state index in [9.17, 15) is 0 Å². The predicted molar refractivity (Wildman–Crippen MR) is 211 cm³/mol. The monoisotopic (exact) mass is 651 g/mol. The van der Waals surface area contributed by atoms with Crippen LogP contribution in [-0.2, 0) is 0 Å². The minimum absolute atomic E-state index is 0.796. The molecule has 51 heavy (non-hydrogen) atoms. The quantitative estimate of drug-likeness (QED) is 0.190. The highest BCUT2D eigenvalue weighted by Crippen LogP contribution is 2.48. The van der Waals surface area contributed by atoms with Gasteiger partial charge in [0.15, 0.2) is 5.58 Å². The third-order valence-corrected chi connectivity index (χ3v) is 10.4. The Hall–Kier alpha value is -6.91. The largest absolute Gasteiger partial charge is 0.454 e. The van der Waals surface area contributed by atoms with Gasteiger partial charge < -0.3 is 13.6 Å².